The maximum absolute atomic E-state index is 11.0. The first kappa shape index (κ1) is 11.2. The number of carbonyl (C=O) groups is 1. The molecule has 5 nitrogen and oxygen atoms in total. The first-order valence-electron chi connectivity index (χ1n) is 5.08. The van der Waals surface area contributed by atoms with Gasteiger partial charge in [0.1, 0.15) is 23.2 Å². The number of aliphatic carboxylic acids is 1. The Kier molecular flexibility index (Phi) is 3.28. The van der Waals surface area contributed by atoms with Crippen molar-refractivity contribution in [1.29, 1.82) is 0 Å². The lowest BCUT2D eigenvalue weighted by molar-refractivity contribution is -0.138. The molecule has 2 rings (SSSR count). The minimum Gasteiger partial charge on any atom is -0.480 e. The fraction of sp³-hybridized carbons (Fsp3) is 0.500. The van der Waals surface area contributed by atoms with Gasteiger partial charge >= 0.3 is 5.97 Å². The molecule has 6 heteroatoms. The Morgan fingerprint density at radius 2 is 2.44 bits per heavy atom. The number of hydrogen-bond donors (Lipinski definition) is 1. The van der Waals surface area contributed by atoms with Crippen LogP contribution in [0.5, 0.6) is 0 Å². The van der Waals surface area contributed by atoms with Gasteiger partial charge < -0.3 is 10.0 Å². The lowest BCUT2D eigenvalue weighted by Crippen LogP contribution is -2.36. The standard InChI is InChI=1S/C10H13N3O2S/c1-16-9-5-8(11-6-12-9)13-4-2-3-7(13)10(14)15/h5-7H,2-4H2,1H3,(H,14,15). The van der Waals surface area contributed by atoms with Crippen LogP contribution in [0.2, 0.25) is 0 Å². The van der Waals surface area contributed by atoms with Crippen molar-refractivity contribution in [3.8, 4) is 0 Å². The lowest BCUT2D eigenvalue weighted by atomic mass is 10.2. The molecule has 1 fully saturated rings. The summed E-state index contributed by atoms with van der Waals surface area (Å²) in [6, 6.07) is 1.40. The van der Waals surface area contributed by atoms with Crippen molar-refractivity contribution in [2.75, 3.05) is 17.7 Å². The van der Waals surface area contributed by atoms with E-state index in [-0.39, 0.29) is 0 Å². The third-order valence-electron chi connectivity index (χ3n) is 2.67. The van der Waals surface area contributed by atoms with Crippen LogP contribution >= 0.6 is 11.8 Å². The van der Waals surface area contributed by atoms with Crippen molar-refractivity contribution < 1.29 is 9.90 Å². The van der Waals surface area contributed by atoms with Crippen LogP contribution in [0.1, 0.15) is 12.8 Å². The summed E-state index contributed by atoms with van der Waals surface area (Å²) in [5.41, 5.74) is 0. The van der Waals surface area contributed by atoms with Crippen LogP contribution in [0.3, 0.4) is 0 Å². The third-order valence-corrected chi connectivity index (χ3v) is 3.31. The van der Waals surface area contributed by atoms with Gasteiger partial charge in [0.15, 0.2) is 0 Å². The van der Waals surface area contributed by atoms with Gasteiger partial charge in [0.05, 0.1) is 0 Å². The van der Waals surface area contributed by atoms with Crippen molar-refractivity contribution >= 4 is 23.5 Å². The van der Waals surface area contributed by atoms with Gasteiger partial charge in [0.25, 0.3) is 0 Å². The second kappa shape index (κ2) is 4.69. The Morgan fingerprint density at radius 1 is 1.62 bits per heavy atom. The van der Waals surface area contributed by atoms with E-state index in [0.717, 1.165) is 18.0 Å². The van der Waals surface area contributed by atoms with E-state index in [0.29, 0.717) is 12.2 Å². The molecule has 0 aromatic carbocycles. The molecule has 1 aliphatic heterocycles. The highest BCUT2D eigenvalue weighted by Crippen LogP contribution is 2.25. The number of aromatic nitrogens is 2. The van der Waals surface area contributed by atoms with Crippen molar-refractivity contribution in [3.63, 3.8) is 0 Å². The Hall–Kier alpha value is -1.30. The molecule has 1 aromatic heterocycles. The largest absolute Gasteiger partial charge is 0.480 e. The number of hydrogen-bond acceptors (Lipinski definition) is 5. The fourth-order valence-corrected chi connectivity index (χ4v) is 2.27. The summed E-state index contributed by atoms with van der Waals surface area (Å²) in [6.45, 7) is 0.752. The number of carboxylic acids is 1. The van der Waals surface area contributed by atoms with Gasteiger partial charge in [-0.05, 0) is 19.1 Å². The van der Waals surface area contributed by atoms with E-state index in [1.807, 2.05) is 17.2 Å². The van der Waals surface area contributed by atoms with Crippen LogP contribution in [0, 0.1) is 0 Å². The number of anilines is 1. The maximum Gasteiger partial charge on any atom is 0.326 e. The highest BCUT2D eigenvalue weighted by Gasteiger charge is 2.31. The second-order valence-corrected chi connectivity index (χ2v) is 4.43. The summed E-state index contributed by atoms with van der Waals surface area (Å²) >= 11 is 1.53. The molecule has 2 heterocycles. The molecule has 0 radical (unpaired) electrons. The van der Waals surface area contributed by atoms with Gasteiger partial charge in [0, 0.05) is 12.6 Å². The number of rotatable bonds is 3. The van der Waals surface area contributed by atoms with Gasteiger partial charge in [-0.3, -0.25) is 0 Å². The van der Waals surface area contributed by atoms with Gasteiger partial charge in [-0.25, -0.2) is 14.8 Å². The average molecular weight is 239 g/mol. The SMILES string of the molecule is CSc1cc(N2CCCC2C(=O)O)ncn1. The van der Waals surface area contributed by atoms with E-state index in [1.54, 1.807) is 0 Å². The highest BCUT2D eigenvalue weighted by atomic mass is 32.2. The molecule has 1 N–H and O–H groups in total. The molecule has 16 heavy (non-hydrogen) atoms. The van der Waals surface area contributed by atoms with E-state index in [2.05, 4.69) is 9.97 Å². The number of thioether (sulfide) groups is 1. The molecule has 0 saturated carbocycles. The molecular formula is C10H13N3O2S. The Labute approximate surface area is 97.9 Å². The minimum absolute atomic E-state index is 0.440. The molecule has 0 bridgehead atoms. The zero-order valence-electron chi connectivity index (χ0n) is 8.96. The van der Waals surface area contributed by atoms with Gasteiger partial charge in [-0.15, -0.1) is 11.8 Å². The minimum atomic E-state index is -0.776. The first-order valence-corrected chi connectivity index (χ1v) is 6.30. The van der Waals surface area contributed by atoms with Gasteiger partial charge in [-0.1, -0.05) is 0 Å². The maximum atomic E-state index is 11.0. The predicted molar refractivity (Wildman–Crippen MR) is 61.8 cm³/mol. The van der Waals surface area contributed by atoms with Crippen LogP contribution in [-0.2, 0) is 4.79 Å². The van der Waals surface area contributed by atoms with E-state index in [9.17, 15) is 4.79 Å². The van der Waals surface area contributed by atoms with Crippen LogP contribution in [0.25, 0.3) is 0 Å². The summed E-state index contributed by atoms with van der Waals surface area (Å²) < 4.78 is 0. The zero-order valence-corrected chi connectivity index (χ0v) is 9.78. The molecule has 1 aromatic rings. The molecule has 1 unspecified atom stereocenters. The monoisotopic (exact) mass is 239 g/mol. The van der Waals surface area contributed by atoms with Crippen LogP contribution in [0.15, 0.2) is 17.4 Å². The van der Waals surface area contributed by atoms with Crippen molar-refractivity contribution in [2.24, 2.45) is 0 Å². The molecular weight excluding hydrogens is 226 g/mol. The fourth-order valence-electron chi connectivity index (χ4n) is 1.90. The van der Waals surface area contributed by atoms with Crippen molar-refractivity contribution in [1.82, 2.24) is 9.97 Å². The molecule has 86 valence electrons. The summed E-state index contributed by atoms with van der Waals surface area (Å²) in [6.07, 6.45) is 5.01. The van der Waals surface area contributed by atoms with E-state index in [1.165, 1.54) is 18.1 Å². The normalized spacial score (nSPS) is 20.1. The van der Waals surface area contributed by atoms with E-state index >= 15 is 0 Å². The molecule has 0 amide bonds. The van der Waals surface area contributed by atoms with Crippen molar-refractivity contribution in [2.45, 2.75) is 23.9 Å². The van der Waals surface area contributed by atoms with Crippen LogP contribution in [0.4, 0.5) is 5.82 Å². The van der Waals surface area contributed by atoms with Crippen molar-refractivity contribution in [3.05, 3.63) is 12.4 Å². The first-order chi connectivity index (χ1) is 7.72. The Balaban J connectivity index is 2.25. The van der Waals surface area contributed by atoms with Crippen LogP contribution in [-0.4, -0.2) is 39.9 Å². The number of nitrogens with zero attached hydrogens (tertiary/aromatic N) is 3. The third kappa shape index (κ3) is 2.11. The quantitative estimate of drug-likeness (QED) is 0.632. The number of carboxylic acid groups (broad SMARTS) is 1. The van der Waals surface area contributed by atoms with Gasteiger partial charge in [-0.2, -0.15) is 0 Å². The second-order valence-electron chi connectivity index (χ2n) is 3.61. The van der Waals surface area contributed by atoms with E-state index < -0.39 is 12.0 Å². The molecule has 1 aliphatic rings. The zero-order chi connectivity index (χ0) is 11.5. The molecule has 0 spiro atoms. The Morgan fingerprint density at radius 3 is 3.12 bits per heavy atom. The highest BCUT2D eigenvalue weighted by molar-refractivity contribution is 7.98. The van der Waals surface area contributed by atoms with E-state index in [4.69, 9.17) is 5.11 Å². The molecule has 1 atom stereocenters. The smallest absolute Gasteiger partial charge is 0.326 e. The topological polar surface area (TPSA) is 66.3 Å². The van der Waals surface area contributed by atoms with Crippen LogP contribution < -0.4 is 4.90 Å². The molecule has 0 aliphatic carbocycles. The van der Waals surface area contributed by atoms with Gasteiger partial charge in [0.2, 0.25) is 0 Å². The summed E-state index contributed by atoms with van der Waals surface area (Å²) in [5, 5.41) is 9.94. The molecule has 1 saturated heterocycles. The predicted octanol–water partition coefficient (Wildman–Crippen LogP) is 1.25. The summed E-state index contributed by atoms with van der Waals surface area (Å²) in [4.78, 5) is 21.1. The lowest BCUT2D eigenvalue weighted by Gasteiger charge is -2.22. The Bertz CT molecular complexity index is 399. The average Bonchev–Trinajstić information content (AvgIpc) is 2.78. The summed E-state index contributed by atoms with van der Waals surface area (Å²) in [5.74, 6) is -0.0638. The summed E-state index contributed by atoms with van der Waals surface area (Å²) in [7, 11) is 0.